The molecule has 0 aliphatic carbocycles. The Bertz CT molecular complexity index is 1690. The molecule has 0 saturated carbocycles. The summed E-state index contributed by atoms with van der Waals surface area (Å²) >= 11 is 0. The summed E-state index contributed by atoms with van der Waals surface area (Å²) in [5, 5.41) is 20.6. The first-order valence-electron chi connectivity index (χ1n) is 12.0. The maximum absolute atomic E-state index is 15.1. The van der Waals surface area contributed by atoms with Gasteiger partial charge in [0, 0.05) is 19.2 Å². The van der Waals surface area contributed by atoms with Gasteiger partial charge in [-0.3, -0.25) is 13.7 Å². The summed E-state index contributed by atoms with van der Waals surface area (Å²) in [4.78, 5) is 18.2. The number of halogens is 2. The zero-order valence-corrected chi connectivity index (χ0v) is 20.8. The van der Waals surface area contributed by atoms with E-state index in [9.17, 15) is 14.4 Å². The van der Waals surface area contributed by atoms with Gasteiger partial charge in [0.15, 0.2) is 11.6 Å². The molecule has 194 valence electrons. The number of nitriles is 1. The molecule has 0 radical (unpaired) electrons. The smallest absolute Gasteiger partial charge is 0.330 e. The van der Waals surface area contributed by atoms with Crippen molar-refractivity contribution in [3.8, 4) is 11.8 Å². The number of ether oxygens (including phenoxy) is 1. The van der Waals surface area contributed by atoms with Crippen LogP contribution >= 0.6 is 0 Å². The summed E-state index contributed by atoms with van der Waals surface area (Å²) in [6.07, 6.45) is 2.78. The van der Waals surface area contributed by atoms with Gasteiger partial charge in [-0.15, -0.1) is 0 Å². The maximum atomic E-state index is 15.1. The fourth-order valence-electron chi connectivity index (χ4n) is 4.85. The Morgan fingerprint density at radius 2 is 2.11 bits per heavy atom. The number of hydrogen-bond donors (Lipinski definition) is 2. The molecule has 9 nitrogen and oxygen atoms in total. The van der Waals surface area contributed by atoms with Crippen molar-refractivity contribution in [2.45, 2.75) is 32.9 Å². The first kappa shape index (κ1) is 25.0. The SMILES string of the molecule is C=C(Nc1c(C=N)n(CC(C)C)c(=O)n1[C@@H]1CCOc2c(F)ccc(F)c21)n1cnc2ccc(C#N)cc21. The van der Waals surface area contributed by atoms with Crippen LogP contribution in [0, 0.1) is 34.3 Å². The minimum absolute atomic E-state index is 0.0583. The number of fused-ring (bicyclic) bond motifs is 2. The zero-order valence-electron chi connectivity index (χ0n) is 20.8. The van der Waals surface area contributed by atoms with E-state index < -0.39 is 23.4 Å². The molecule has 0 spiro atoms. The van der Waals surface area contributed by atoms with Gasteiger partial charge in [-0.1, -0.05) is 20.4 Å². The van der Waals surface area contributed by atoms with E-state index in [2.05, 4.69) is 22.9 Å². The van der Waals surface area contributed by atoms with Crippen LogP contribution in [0.3, 0.4) is 0 Å². The van der Waals surface area contributed by atoms with Gasteiger partial charge in [0.1, 0.15) is 29.5 Å². The number of imidazole rings is 2. The van der Waals surface area contributed by atoms with Crippen molar-refractivity contribution in [2.24, 2.45) is 5.92 Å². The molecule has 2 aromatic heterocycles. The number of rotatable bonds is 7. The first-order valence-corrected chi connectivity index (χ1v) is 12.0. The number of nitrogens with zero attached hydrogens (tertiary/aromatic N) is 5. The second-order valence-corrected chi connectivity index (χ2v) is 9.46. The van der Waals surface area contributed by atoms with E-state index in [-0.39, 0.29) is 47.6 Å². The molecular formula is C27H25F2N7O2. The minimum atomic E-state index is -0.894. The second kappa shape index (κ2) is 9.63. The van der Waals surface area contributed by atoms with Crippen molar-refractivity contribution in [3.63, 3.8) is 0 Å². The van der Waals surface area contributed by atoms with Gasteiger partial charge in [-0.2, -0.15) is 5.26 Å². The van der Waals surface area contributed by atoms with Gasteiger partial charge in [0.25, 0.3) is 0 Å². The molecule has 5 rings (SSSR count). The molecule has 4 aromatic rings. The van der Waals surface area contributed by atoms with Crippen LogP contribution in [0.15, 0.2) is 48.0 Å². The molecule has 3 heterocycles. The molecule has 0 saturated heterocycles. The lowest BCUT2D eigenvalue weighted by Gasteiger charge is -2.28. The predicted octanol–water partition coefficient (Wildman–Crippen LogP) is 4.72. The number of aromatic nitrogens is 4. The van der Waals surface area contributed by atoms with Gasteiger partial charge in [-0.25, -0.2) is 18.6 Å². The summed E-state index contributed by atoms with van der Waals surface area (Å²) in [6, 6.07) is 8.24. The van der Waals surface area contributed by atoms with Crippen molar-refractivity contribution in [1.29, 1.82) is 10.7 Å². The summed E-state index contributed by atoms with van der Waals surface area (Å²) < 4.78 is 39.5. The fourth-order valence-corrected chi connectivity index (χ4v) is 4.85. The van der Waals surface area contributed by atoms with E-state index in [1.54, 1.807) is 22.8 Å². The monoisotopic (exact) mass is 517 g/mol. The third-order valence-corrected chi connectivity index (χ3v) is 6.50. The highest BCUT2D eigenvalue weighted by Crippen LogP contribution is 2.40. The third kappa shape index (κ3) is 4.04. The van der Waals surface area contributed by atoms with E-state index in [0.717, 1.165) is 18.3 Å². The molecule has 2 aromatic carbocycles. The molecule has 0 fully saturated rings. The Balaban J connectivity index is 1.69. The van der Waals surface area contributed by atoms with Crippen molar-refractivity contribution in [1.82, 2.24) is 18.7 Å². The van der Waals surface area contributed by atoms with Crippen LogP contribution < -0.4 is 15.7 Å². The summed E-state index contributed by atoms with van der Waals surface area (Å²) in [6.45, 7) is 8.36. The van der Waals surface area contributed by atoms with Crippen LogP contribution in [0.5, 0.6) is 5.75 Å². The summed E-state index contributed by atoms with van der Waals surface area (Å²) in [5.41, 5.74) is 1.40. The van der Waals surface area contributed by atoms with Crippen molar-refractivity contribution in [2.75, 3.05) is 11.9 Å². The topological polar surface area (TPSA) is 114 Å². The van der Waals surface area contributed by atoms with Gasteiger partial charge in [-0.05, 0) is 36.2 Å². The van der Waals surface area contributed by atoms with E-state index >= 15 is 4.39 Å². The van der Waals surface area contributed by atoms with Crippen molar-refractivity contribution in [3.05, 3.63) is 82.2 Å². The van der Waals surface area contributed by atoms with Crippen molar-refractivity contribution < 1.29 is 13.5 Å². The maximum Gasteiger partial charge on any atom is 0.330 e. The van der Waals surface area contributed by atoms with Crippen molar-refractivity contribution >= 4 is 28.9 Å². The predicted molar refractivity (Wildman–Crippen MR) is 139 cm³/mol. The van der Waals surface area contributed by atoms with E-state index in [0.29, 0.717) is 23.1 Å². The lowest BCUT2D eigenvalue weighted by molar-refractivity contribution is 0.237. The minimum Gasteiger partial charge on any atom is -0.490 e. The standard InChI is InChI=1S/C27H25F2N7O2/c1-15(2)13-34-23(12-31)26(33-16(3)35-14-32-20-7-4-17(11-30)10-22(20)35)36(27(34)37)21-8-9-38-25-19(29)6-5-18(28)24(21)25/h4-7,10,12,14-15,21,31,33H,3,8-9,13H2,1-2H3/t21-/m1/s1. The number of nitrogens with one attached hydrogen (secondary N) is 2. The Kier molecular flexibility index (Phi) is 6.32. The molecule has 0 unspecified atom stereocenters. The number of hydrogen-bond acceptors (Lipinski definition) is 6. The van der Waals surface area contributed by atoms with Gasteiger partial charge in [0.2, 0.25) is 0 Å². The number of anilines is 1. The molecule has 1 aliphatic heterocycles. The molecule has 1 atom stereocenters. The highest BCUT2D eigenvalue weighted by atomic mass is 19.1. The third-order valence-electron chi connectivity index (χ3n) is 6.50. The van der Waals surface area contributed by atoms with E-state index in [1.807, 2.05) is 13.8 Å². The summed E-state index contributed by atoms with van der Waals surface area (Å²) in [7, 11) is 0. The average molecular weight is 518 g/mol. The van der Waals surface area contributed by atoms with Crippen LogP contribution in [-0.4, -0.2) is 31.5 Å². The molecule has 1 aliphatic rings. The van der Waals surface area contributed by atoms with E-state index in [4.69, 9.17) is 10.1 Å². The van der Waals surface area contributed by atoms with Crippen LogP contribution in [0.1, 0.15) is 43.1 Å². The molecule has 0 bridgehead atoms. The molecule has 2 N–H and O–H groups in total. The Morgan fingerprint density at radius 1 is 1.34 bits per heavy atom. The molecule has 38 heavy (non-hydrogen) atoms. The Morgan fingerprint density at radius 3 is 2.82 bits per heavy atom. The van der Waals surface area contributed by atoms with Crippen LogP contribution in [0.4, 0.5) is 14.6 Å². The summed E-state index contributed by atoms with van der Waals surface area (Å²) in [5.74, 6) is -1.08. The number of benzene rings is 2. The molecule has 0 amide bonds. The van der Waals surface area contributed by atoms with E-state index in [1.165, 1.54) is 15.5 Å². The van der Waals surface area contributed by atoms with Gasteiger partial charge >= 0.3 is 5.69 Å². The zero-order chi connectivity index (χ0) is 27.1. The Labute approximate surface area is 216 Å². The molecule has 11 heteroatoms. The van der Waals surface area contributed by atoms with Gasteiger partial charge in [0.05, 0.1) is 40.9 Å². The first-order chi connectivity index (χ1) is 18.2. The van der Waals surface area contributed by atoms with Crippen LogP contribution in [-0.2, 0) is 6.54 Å². The molecular weight excluding hydrogens is 492 g/mol. The van der Waals surface area contributed by atoms with Gasteiger partial charge < -0.3 is 15.5 Å². The normalized spacial score (nSPS) is 14.7. The van der Waals surface area contributed by atoms with Crippen LogP contribution in [0.2, 0.25) is 0 Å². The largest absolute Gasteiger partial charge is 0.490 e. The quantitative estimate of drug-likeness (QED) is 0.345. The highest BCUT2D eigenvalue weighted by Gasteiger charge is 2.34. The lowest BCUT2D eigenvalue weighted by Crippen LogP contribution is -2.33. The fraction of sp³-hybridized carbons (Fsp3) is 0.259. The lowest BCUT2D eigenvalue weighted by atomic mass is 9.99. The highest BCUT2D eigenvalue weighted by molar-refractivity contribution is 5.87. The second-order valence-electron chi connectivity index (χ2n) is 9.46. The average Bonchev–Trinajstić information content (AvgIpc) is 3.43. The Hall–Kier alpha value is -4.72. The van der Waals surface area contributed by atoms with Crippen LogP contribution in [0.25, 0.3) is 16.9 Å².